The monoisotopic (exact) mass is 534 g/mol. The van der Waals surface area contributed by atoms with E-state index in [4.69, 9.17) is 0 Å². The third-order valence-corrected chi connectivity index (χ3v) is 7.31. The first kappa shape index (κ1) is 27.3. The van der Waals surface area contributed by atoms with Gasteiger partial charge in [-0.05, 0) is 30.5 Å². The average molecular weight is 534 g/mol. The Bertz CT molecular complexity index is 1080. The van der Waals surface area contributed by atoms with Crippen molar-refractivity contribution in [1.82, 2.24) is 10.0 Å². The molecule has 0 amide bonds. The van der Waals surface area contributed by atoms with Crippen molar-refractivity contribution < 1.29 is 47.9 Å². The molecule has 0 bridgehead atoms. The maximum atomic E-state index is 14.7. The standard InChI is InChI=1S/C21H19F9N2O2S/c22-18(23,20(26,27)28)19(24,25)21(29,30)35(33,34)32-17(16-12-7-13-31-16,14-8-3-1-4-9-14)15-10-5-2-6-11-15/h1-6,8-11,16,31-32H,7,12-13H2/t16-/m0/s1. The molecule has 0 saturated carbocycles. The van der Waals surface area contributed by atoms with Crippen LogP contribution in [0.4, 0.5) is 39.5 Å². The minimum absolute atomic E-state index is 0.0316. The van der Waals surface area contributed by atoms with Crippen LogP contribution in [0.2, 0.25) is 0 Å². The molecule has 0 radical (unpaired) electrons. The van der Waals surface area contributed by atoms with Crippen molar-refractivity contribution in [2.45, 2.75) is 47.7 Å². The summed E-state index contributed by atoms with van der Waals surface area (Å²) in [6.07, 6.45) is -6.61. The van der Waals surface area contributed by atoms with E-state index in [0.29, 0.717) is 6.42 Å². The van der Waals surface area contributed by atoms with Gasteiger partial charge >= 0.3 is 23.3 Å². The Balaban J connectivity index is 2.25. The fraction of sp³-hybridized carbons (Fsp3) is 0.429. The second-order valence-corrected chi connectivity index (χ2v) is 9.68. The van der Waals surface area contributed by atoms with Crippen LogP contribution in [0.25, 0.3) is 0 Å². The third-order valence-electron chi connectivity index (χ3n) is 5.79. The molecule has 1 aliphatic rings. The zero-order chi connectivity index (χ0) is 26.3. The van der Waals surface area contributed by atoms with Gasteiger partial charge in [0.2, 0.25) is 0 Å². The summed E-state index contributed by atoms with van der Waals surface area (Å²) < 4.78 is 149. The predicted octanol–water partition coefficient (Wildman–Crippen LogP) is 5.03. The highest BCUT2D eigenvalue weighted by molar-refractivity contribution is 7.90. The summed E-state index contributed by atoms with van der Waals surface area (Å²) in [5.41, 5.74) is -2.32. The van der Waals surface area contributed by atoms with Crippen LogP contribution in [0.15, 0.2) is 60.7 Å². The molecule has 35 heavy (non-hydrogen) atoms. The van der Waals surface area contributed by atoms with E-state index in [2.05, 4.69) is 5.32 Å². The van der Waals surface area contributed by atoms with Crippen LogP contribution in [0.1, 0.15) is 24.0 Å². The number of alkyl halides is 9. The number of benzene rings is 2. The quantitative estimate of drug-likeness (QED) is 0.468. The van der Waals surface area contributed by atoms with Crippen LogP contribution in [0.3, 0.4) is 0 Å². The Labute approximate surface area is 194 Å². The van der Waals surface area contributed by atoms with E-state index in [1.165, 1.54) is 65.4 Å². The molecule has 1 atom stereocenters. The van der Waals surface area contributed by atoms with Gasteiger partial charge in [0.1, 0.15) is 0 Å². The first-order chi connectivity index (χ1) is 16.0. The van der Waals surface area contributed by atoms with Gasteiger partial charge in [-0.2, -0.15) is 44.2 Å². The molecule has 4 nitrogen and oxygen atoms in total. The molecule has 1 saturated heterocycles. The molecule has 1 heterocycles. The van der Waals surface area contributed by atoms with E-state index in [0.717, 1.165) is 0 Å². The van der Waals surface area contributed by atoms with Gasteiger partial charge in [0, 0.05) is 6.04 Å². The molecule has 2 aromatic carbocycles. The summed E-state index contributed by atoms with van der Waals surface area (Å²) in [6, 6.07) is 12.6. The minimum atomic E-state index is -7.36. The van der Waals surface area contributed by atoms with Crippen LogP contribution < -0.4 is 10.0 Å². The lowest BCUT2D eigenvalue weighted by molar-refractivity contribution is -0.382. The summed E-state index contributed by atoms with van der Waals surface area (Å²) in [5, 5.41) is -3.99. The molecule has 2 N–H and O–H groups in total. The second kappa shape index (κ2) is 8.96. The van der Waals surface area contributed by atoms with Crippen molar-refractivity contribution >= 4 is 10.0 Å². The van der Waals surface area contributed by atoms with Crippen LogP contribution in [0.5, 0.6) is 0 Å². The summed E-state index contributed by atoms with van der Waals surface area (Å²) in [5.74, 6) is -14.7. The molecule has 194 valence electrons. The second-order valence-electron chi connectivity index (χ2n) is 7.96. The van der Waals surface area contributed by atoms with Crippen LogP contribution in [-0.4, -0.2) is 44.3 Å². The summed E-state index contributed by atoms with van der Waals surface area (Å²) in [7, 11) is -6.91. The molecule has 0 aliphatic carbocycles. The summed E-state index contributed by atoms with van der Waals surface area (Å²) in [6.45, 7) is 0.270. The topological polar surface area (TPSA) is 58.2 Å². The third kappa shape index (κ3) is 4.29. The van der Waals surface area contributed by atoms with Gasteiger partial charge in [-0.15, -0.1) is 0 Å². The Morgan fingerprint density at radius 1 is 0.743 bits per heavy atom. The summed E-state index contributed by atoms with van der Waals surface area (Å²) >= 11 is 0. The zero-order valence-corrected chi connectivity index (χ0v) is 18.4. The predicted molar refractivity (Wildman–Crippen MR) is 108 cm³/mol. The molecule has 1 fully saturated rings. The highest BCUT2D eigenvalue weighted by Gasteiger charge is 2.85. The lowest BCUT2D eigenvalue weighted by Crippen LogP contribution is -2.68. The minimum Gasteiger partial charge on any atom is -0.311 e. The van der Waals surface area contributed by atoms with Gasteiger partial charge in [-0.3, -0.25) is 0 Å². The number of hydrogen-bond acceptors (Lipinski definition) is 3. The Kier molecular flexibility index (Phi) is 6.98. The molecule has 0 spiro atoms. The Hall–Kier alpha value is -2.32. The van der Waals surface area contributed by atoms with E-state index >= 15 is 0 Å². The highest BCUT2D eigenvalue weighted by Crippen LogP contribution is 2.55. The Morgan fingerprint density at radius 2 is 1.20 bits per heavy atom. The first-order valence-electron chi connectivity index (χ1n) is 10.1. The van der Waals surface area contributed by atoms with Gasteiger partial charge < -0.3 is 5.32 Å². The number of rotatable bonds is 8. The fourth-order valence-corrected chi connectivity index (χ4v) is 5.42. The van der Waals surface area contributed by atoms with E-state index in [1.807, 2.05) is 0 Å². The summed E-state index contributed by atoms with van der Waals surface area (Å²) in [4.78, 5) is 0. The van der Waals surface area contributed by atoms with E-state index < -0.39 is 44.9 Å². The van der Waals surface area contributed by atoms with E-state index in [-0.39, 0.29) is 24.1 Å². The fourth-order valence-electron chi connectivity index (χ4n) is 4.02. The molecule has 0 aromatic heterocycles. The largest absolute Gasteiger partial charge is 0.460 e. The van der Waals surface area contributed by atoms with Gasteiger partial charge in [0.15, 0.2) is 0 Å². The molecule has 2 aromatic rings. The molecule has 3 rings (SSSR count). The van der Waals surface area contributed by atoms with Crippen molar-refractivity contribution in [2.75, 3.05) is 6.54 Å². The molecular formula is C21H19F9N2O2S. The Morgan fingerprint density at radius 3 is 1.57 bits per heavy atom. The highest BCUT2D eigenvalue weighted by atomic mass is 32.2. The van der Waals surface area contributed by atoms with Crippen LogP contribution in [-0.2, 0) is 15.6 Å². The van der Waals surface area contributed by atoms with E-state index in [1.54, 1.807) is 0 Å². The van der Waals surface area contributed by atoms with Crippen molar-refractivity contribution in [3.63, 3.8) is 0 Å². The molecule has 1 aliphatic heterocycles. The maximum Gasteiger partial charge on any atom is 0.460 e. The zero-order valence-electron chi connectivity index (χ0n) is 17.6. The number of sulfonamides is 1. The van der Waals surface area contributed by atoms with Crippen LogP contribution in [0, 0.1) is 0 Å². The first-order valence-corrected chi connectivity index (χ1v) is 11.6. The van der Waals surface area contributed by atoms with Gasteiger partial charge in [0.05, 0.1) is 5.54 Å². The van der Waals surface area contributed by atoms with Crippen molar-refractivity contribution in [1.29, 1.82) is 0 Å². The van der Waals surface area contributed by atoms with Crippen molar-refractivity contribution in [3.05, 3.63) is 71.8 Å². The van der Waals surface area contributed by atoms with Crippen molar-refractivity contribution in [3.8, 4) is 0 Å². The normalized spacial score (nSPS) is 18.6. The lowest BCUT2D eigenvalue weighted by atomic mass is 9.77. The maximum absolute atomic E-state index is 14.7. The van der Waals surface area contributed by atoms with E-state index in [9.17, 15) is 47.9 Å². The van der Waals surface area contributed by atoms with Gasteiger partial charge in [-0.1, -0.05) is 60.7 Å². The van der Waals surface area contributed by atoms with Gasteiger partial charge in [0.25, 0.3) is 10.0 Å². The number of nitrogens with one attached hydrogen (secondary N) is 2. The molecule has 0 unspecified atom stereocenters. The molecular weight excluding hydrogens is 515 g/mol. The SMILES string of the molecule is O=S(=O)(NC(c1ccccc1)(c1ccccc1)[C@@H]1CCCN1)C(F)(F)C(F)(F)C(F)(F)C(F)(F)F. The number of hydrogen-bond donors (Lipinski definition) is 2. The molecule has 14 heteroatoms. The number of halogens is 9. The van der Waals surface area contributed by atoms with Crippen LogP contribution >= 0.6 is 0 Å². The average Bonchev–Trinajstić information content (AvgIpc) is 3.33. The van der Waals surface area contributed by atoms with Crippen molar-refractivity contribution in [2.24, 2.45) is 0 Å². The van der Waals surface area contributed by atoms with Gasteiger partial charge in [-0.25, -0.2) is 8.42 Å². The lowest BCUT2D eigenvalue weighted by Gasteiger charge is -2.42. The smallest absolute Gasteiger partial charge is 0.311 e.